The zero-order valence-corrected chi connectivity index (χ0v) is 13.2. The van der Waals surface area contributed by atoms with E-state index in [-0.39, 0.29) is 18.0 Å². The quantitative estimate of drug-likeness (QED) is 0.510. The molecule has 0 saturated carbocycles. The minimum Gasteiger partial charge on any atom is -0.465 e. The maximum absolute atomic E-state index is 12.0. The van der Waals surface area contributed by atoms with Crippen molar-refractivity contribution in [2.45, 2.75) is 13.3 Å². The Hall–Kier alpha value is -2.81. The largest absolute Gasteiger partial charge is 0.465 e. The molecule has 0 aliphatic heterocycles. The van der Waals surface area contributed by atoms with Crippen LogP contribution in [0.25, 0.3) is 0 Å². The molecular weight excluding hydrogens is 322 g/mol. The van der Waals surface area contributed by atoms with Crippen molar-refractivity contribution in [1.82, 2.24) is 4.98 Å². The number of carbonyl (C=O) groups is 2. The molecule has 0 atom stereocenters. The van der Waals surface area contributed by atoms with Crippen LogP contribution in [0.2, 0.25) is 0 Å². The first-order chi connectivity index (χ1) is 10.9. The number of benzene rings is 1. The molecule has 8 nitrogen and oxygen atoms in total. The molecule has 0 bridgehead atoms. The fraction of sp³-hybridized carbons (Fsp3) is 0.214. The average Bonchev–Trinajstić information content (AvgIpc) is 2.87. The van der Waals surface area contributed by atoms with Gasteiger partial charge in [-0.05, 0) is 12.5 Å². The number of nitro benzene ring substituents is 1. The maximum Gasteiger partial charge on any atom is 0.350 e. The number of nitrogens with zero attached hydrogens (tertiary/aromatic N) is 2. The van der Waals surface area contributed by atoms with Gasteiger partial charge in [0, 0.05) is 12.1 Å². The van der Waals surface area contributed by atoms with Crippen LogP contribution >= 0.6 is 11.3 Å². The lowest BCUT2D eigenvalue weighted by atomic mass is 10.1. The fourth-order valence-corrected chi connectivity index (χ4v) is 2.72. The highest BCUT2D eigenvalue weighted by molar-refractivity contribution is 7.17. The minimum atomic E-state index is -0.504. The molecule has 2 rings (SSSR count). The summed E-state index contributed by atoms with van der Waals surface area (Å²) in [5.74, 6) is -0.833. The van der Waals surface area contributed by atoms with E-state index in [0.717, 1.165) is 11.3 Å². The van der Waals surface area contributed by atoms with Crippen LogP contribution in [0.5, 0.6) is 0 Å². The van der Waals surface area contributed by atoms with Gasteiger partial charge in [-0.3, -0.25) is 14.9 Å². The molecule has 0 radical (unpaired) electrons. The number of rotatable bonds is 5. The third-order valence-corrected chi connectivity index (χ3v) is 3.98. The van der Waals surface area contributed by atoms with Crippen molar-refractivity contribution in [2.24, 2.45) is 0 Å². The average molecular weight is 335 g/mol. The molecule has 1 aromatic carbocycles. The molecule has 9 heteroatoms. The Morgan fingerprint density at radius 3 is 2.57 bits per heavy atom. The molecule has 0 saturated heterocycles. The number of aromatic nitrogens is 1. The number of hydrogen-bond acceptors (Lipinski definition) is 7. The van der Waals surface area contributed by atoms with Crippen molar-refractivity contribution in [2.75, 3.05) is 12.4 Å². The second kappa shape index (κ2) is 6.97. The Labute approximate surface area is 135 Å². The lowest BCUT2D eigenvalue weighted by molar-refractivity contribution is -0.384. The topological polar surface area (TPSA) is 111 Å². The maximum atomic E-state index is 12.0. The highest BCUT2D eigenvalue weighted by Gasteiger charge is 2.17. The molecule has 1 N–H and O–H groups in total. The van der Waals surface area contributed by atoms with E-state index in [4.69, 9.17) is 0 Å². The monoisotopic (exact) mass is 335 g/mol. The molecule has 120 valence electrons. The molecule has 2 aromatic rings. The first-order valence-corrected chi connectivity index (χ1v) is 7.31. The van der Waals surface area contributed by atoms with Gasteiger partial charge in [0.15, 0.2) is 5.13 Å². The number of non-ortho nitro benzene ring substituents is 1. The van der Waals surface area contributed by atoms with Gasteiger partial charge < -0.3 is 10.1 Å². The van der Waals surface area contributed by atoms with Gasteiger partial charge in [0.25, 0.3) is 5.69 Å². The van der Waals surface area contributed by atoms with Crippen LogP contribution in [0.1, 0.15) is 20.9 Å². The van der Waals surface area contributed by atoms with Gasteiger partial charge in [0.2, 0.25) is 5.91 Å². The van der Waals surface area contributed by atoms with E-state index in [1.807, 2.05) is 0 Å². The summed E-state index contributed by atoms with van der Waals surface area (Å²) in [6, 6.07) is 5.71. The normalized spacial score (nSPS) is 10.2. The van der Waals surface area contributed by atoms with Crippen LogP contribution in [0.15, 0.2) is 24.3 Å². The van der Waals surface area contributed by atoms with Gasteiger partial charge in [0.1, 0.15) is 4.88 Å². The predicted octanol–water partition coefficient (Wildman–Crippen LogP) is 2.33. The SMILES string of the molecule is COC(=O)c1sc(NC(=O)Cc2ccc([N+](=O)[O-])cc2)nc1C. The van der Waals surface area contributed by atoms with E-state index in [1.165, 1.54) is 31.4 Å². The molecule has 0 aliphatic carbocycles. The van der Waals surface area contributed by atoms with Crippen molar-refractivity contribution >= 4 is 34.0 Å². The van der Waals surface area contributed by atoms with Gasteiger partial charge in [-0.2, -0.15) is 0 Å². The van der Waals surface area contributed by atoms with Crippen LogP contribution in [-0.4, -0.2) is 28.9 Å². The number of carbonyl (C=O) groups excluding carboxylic acids is 2. The molecule has 23 heavy (non-hydrogen) atoms. The number of aryl methyl sites for hydroxylation is 1. The van der Waals surface area contributed by atoms with Crippen LogP contribution in [0.3, 0.4) is 0 Å². The molecular formula is C14H13N3O5S. The van der Waals surface area contributed by atoms with Crippen molar-refractivity contribution in [3.05, 3.63) is 50.5 Å². The number of nitrogens with one attached hydrogen (secondary N) is 1. The zero-order chi connectivity index (χ0) is 17.0. The number of nitro groups is 1. The van der Waals surface area contributed by atoms with Gasteiger partial charge in [-0.1, -0.05) is 23.5 Å². The highest BCUT2D eigenvalue weighted by Crippen LogP contribution is 2.23. The summed E-state index contributed by atoms with van der Waals surface area (Å²) in [6.07, 6.45) is 0.0458. The van der Waals surface area contributed by atoms with Gasteiger partial charge in [-0.25, -0.2) is 9.78 Å². The summed E-state index contributed by atoms with van der Waals surface area (Å²) in [6.45, 7) is 1.65. The fourth-order valence-electron chi connectivity index (χ4n) is 1.82. The second-order valence-electron chi connectivity index (χ2n) is 4.57. The van der Waals surface area contributed by atoms with Gasteiger partial charge in [0.05, 0.1) is 24.1 Å². The van der Waals surface area contributed by atoms with E-state index in [9.17, 15) is 19.7 Å². The van der Waals surface area contributed by atoms with Crippen molar-refractivity contribution in [3.8, 4) is 0 Å². The number of methoxy groups -OCH3 is 1. The summed E-state index contributed by atoms with van der Waals surface area (Å²) in [5, 5.41) is 13.5. The van der Waals surface area contributed by atoms with Gasteiger partial charge in [-0.15, -0.1) is 0 Å². The number of ether oxygens (including phenoxy) is 1. The highest BCUT2D eigenvalue weighted by atomic mass is 32.1. The van der Waals surface area contributed by atoms with Crippen molar-refractivity contribution in [3.63, 3.8) is 0 Å². The molecule has 1 heterocycles. The van der Waals surface area contributed by atoms with E-state index in [2.05, 4.69) is 15.0 Å². The smallest absolute Gasteiger partial charge is 0.350 e. The van der Waals surface area contributed by atoms with Crippen LogP contribution in [0.4, 0.5) is 10.8 Å². The number of anilines is 1. The Morgan fingerprint density at radius 2 is 2.00 bits per heavy atom. The van der Waals surface area contributed by atoms with E-state index in [1.54, 1.807) is 6.92 Å². The van der Waals surface area contributed by atoms with E-state index in [0.29, 0.717) is 21.3 Å². The standard InChI is InChI=1S/C14H13N3O5S/c1-8-12(13(19)22-2)23-14(15-8)16-11(18)7-9-3-5-10(6-4-9)17(20)21/h3-6H,7H2,1-2H3,(H,15,16,18). The lowest BCUT2D eigenvalue weighted by Crippen LogP contribution is -2.14. The molecule has 0 unspecified atom stereocenters. The van der Waals surface area contributed by atoms with Crippen molar-refractivity contribution in [1.29, 1.82) is 0 Å². The first-order valence-electron chi connectivity index (χ1n) is 6.49. The summed E-state index contributed by atoms with van der Waals surface area (Å²) in [4.78, 5) is 38.0. The summed E-state index contributed by atoms with van der Waals surface area (Å²) >= 11 is 1.03. The minimum absolute atomic E-state index is 0.0348. The number of amides is 1. The van der Waals surface area contributed by atoms with Gasteiger partial charge >= 0.3 is 5.97 Å². The van der Waals surface area contributed by atoms with Crippen molar-refractivity contribution < 1.29 is 19.2 Å². The Kier molecular flexibility index (Phi) is 5.02. The third-order valence-electron chi connectivity index (χ3n) is 2.93. The number of esters is 1. The lowest BCUT2D eigenvalue weighted by Gasteiger charge is -2.01. The zero-order valence-electron chi connectivity index (χ0n) is 12.4. The third kappa shape index (κ3) is 4.10. The summed E-state index contributed by atoms with van der Waals surface area (Å²) < 4.78 is 4.63. The van der Waals surface area contributed by atoms with Crippen LogP contribution in [-0.2, 0) is 16.0 Å². The molecule has 1 amide bonds. The Balaban J connectivity index is 2.02. The predicted molar refractivity (Wildman–Crippen MR) is 83.6 cm³/mol. The van der Waals surface area contributed by atoms with E-state index < -0.39 is 10.9 Å². The molecule has 0 aliphatic rings. The summed E-state index contributed by atoms with van der Waals surface area (Å²) in [7, 11) is 1.27. The first kappa shape index (κ1) is 16.6. The van der Waals surface area contributed by atoms with Crippen LogP contribution < -0.4 is 5.32 Å². The molecule has 0 spiro atoms. The number of hydrogen-bond donors (Lipinski definition) is 1. The van der Waals surface area contributed by atoms with Crippen LogP contribution in [0, 0.1) is 17.0 Å². The number of thiazole rings is 1. The second-order valence-corrected chi connectivity index (χ2v) is 5.57. The Morgan fingerprint density at radius 1 is 1.35 bits per heavy atom. The van der Waals surface area contributed by atoms with E-state index >= 15 is 0 Å². The summed E-state index contributed by atoms with van der Waals surface area (Å²) in [5.41, 5.74) is 1.08. The Bertz CT molecular complexity index is 754. The molecule has 1 aromatic heterocycles. The molecule has 0 fully saturated rings.